The number of benzene rings is 1. The molecule has 1 saturated carbocycles. The molecule has 0 unspecified atom stereocenters. The van der Waals surface area contributed by atoms with Crippen LogP contribution in [0.1, 0.15) is 39.3 Å². The van der Waals surface area contributed by atoms with Gasteiger partial charge >= 0.3 is 0 Å². The van der Waals surface area contributed by atoms with Crippen LogP contribution in [0.2, 0.25) is 5.02 Å². The maximum Gasteiger partial charge on any atom is 0.274 e. The number of amides is 2. The molecule has 1 N–H and O–H groups in total. The molecule has 2 aromatic rings. The number of hydrogen-bond donors (Lipinski definition) is 1. The zero-order valence-corrected chi connectivity index (χ0v) is 20.9. The van der Waals surface area contributed by atoms with Crippen molar-refractivity contribution in [3.8, 4) is 5.75 Å². The Kier molecular flexibility index (Phi) is 6.70. The maximum absolute atomic E-state index is 14.2. The SMILES string of the molecule is COCC1CC2(C1)CN(C)C(=O)c1c(OI)c(=O)c(C(=O)NCc3cccc(Cl)c3F)cn12. The molecule has 1 aromatic carbocycles. The number of fused-ring (bicyclic) bond motifs is 2. The zero-order chi connectivity index (χ0) is 23.9. The first-order valence-corrected chi connectivity index (χ1v) is 11.5. The molecule has 1 fully saturated rings. The average Bonchev–Trinajstić information content (AvgIpc) is 2.76. The van der Waals surface area contributed by atoms with Gasteiger partial charge in [-0.1, -0.05) is 23.7 Å². The van der Waals surface area contributed by atoms with Crippen molar-refractivity contribution in [2.24, 2.45) is 5.92 Å². The third-order valence-electron chi connectivity index (χ3n) is 6.29. The molecule has 2 heterocycles. The molecule has 1 aliphatic heterocycles. The lowest BCUT2D eigenvalue weighted by atomic mass is 9.67. The molecule has 0 saturated heterocycles. The van der Waals surface area contributed by atoms with Gasteiger partial charge < -0.3 is 22.6 Å². The van der Waals surface area contributed by atoms with Crippen LogP contribution in [-0.2, 0) is 16.8 Å². The summed E-state index contributed by atoms with van der Waals surface area (Å²) < 4.78 is 26.5. The van der Waals surface area contributed by atoms with Crippen LogP contribution < -0.4 is 13.8 Å². The molecule has 0 atom stereocenters. The number of nitrogens with zero attached hydrogens (tertiary/aromatic N) is 2. The van der Waals surface area contributed by atoms with Crippen LogP contribution in [0.25, 0.3) is 0 Å². The number of methoxy groups -OCH3 is 1. The van der Waals surface area contributed by atoms with Crippen molar-refractivity contribution in [2.45, 2.75) is 24.9 Å². The topological polar surface area (TPSA) is 89.9 Å². The molecule has 0 radical (unpaired) electrons. The van der Waals surface area contributed by atoms with E-state index in [0.717, 1.165) is 12.8 Å². The Morgan fingerprint density at radius 2 is 2.09 bits per heavy atom. The maximum atomic E-state index is 14.2. The van der Waals surface area contributed by atoms with Gasteiger partial charge in [-0.15, -0.1) is 0 Å². The normalized spacial score (nSPS) is 21.5. The smallest absolute Gasteiger partial charge is 0.274 e. The molecule has 1 aliphatic carbocycles. The van der Waals surface area contributed by atoms with Crippen LogP contribution in [0.3, 0.4) is 0 Å². The van der Waals surface area contributed by atoms with Crippen LogP contribution >= 0.6 is 34.6 Å². The highest BCUT2D eigenvalue weighted by atomic mass is 127. The second-order valence-electron chi connectivity index (χ2n) is 8.51. The lowest BCUT2D eigenvalue weighted by Gasteiger charge is -2.54. The Hall–Kier alpha value is -2.18. The Morgan fingerprint density at radius 3 is 2.76 bits per heavy atom. The fourth-order valence-corrected chi connectivity index (χ4v) is 5.42. The summed E-state index contributed by atoms with van der Waals surface area (Å²) in [6, 6.07) is 4.47. The number of ether oxygens (including phenoxy) is 1. The number of likely N-dealkylation sites (N-methyl/N-ethyl adjacent to an activating group) is 1. The van der Waals surface area contributed by atoms with Gasteiger partial charge in [0.1, 0.15) is 11.4 Å². The van der Waals surface area contributed by atoms with Crippen LogP contribution in [-0.4, -0.2) is 48.6 Å². The van der Waals surface area contributed by atoms with Crippen molar-refractivity contribution in [3.63, 3.8) is 0 Å². The van der Waals surface area contributed by atoms with Gasteiger partial charge in [0.25, 0.3) is 11.8 Å². The summed E-state index contributed by atoms with van der Waals surface area (Å²) in [6.07, 6.45) is 2.88. The van der Waals surface area contributed by atoms with Gasteiger partial charge in [-0.25, -0.2) is 4.39 Å². The third kappa shape index (κ3) is 4.12. The highest BCUT2D eigenvalue weighted by molar-refractivity contribution is 14.1. The second kappa shape index (κ2) is 9.22. The quantitative estimate of drug-likeness (QED) is 0.523. The van der Waals surface area contributed by atoms with Crippen molar-refractivity contribution in [3.05, 3.63) is 62.3 Å². The minimum Gasteiger partial charge on any atom is -0.421 e. The number of halogens is 3. The van der Waals surface area contributed by atoms with Crippen molar-refractivity contribution < 1.29 is 21.8 Å². The van der Waals surface area contributed by atoms with E-state index in [1.807, 2.05) is 0 Å². The summed E-state index contributed by atoms with van der Waals surface area (Å²) in [4.78, 5) is 40.6. The van der Waals surface area contributed by atoms with Gasteiger partial charge in [-0.05, 0) is 24.8 Å². The lowest BCUT2D eigenvalue weighted by molar-refractivity contribution is -0.0187. The molecule has 1 aromatic heterocycles. The number of pyridine rings is 1. The first kappa shape index (κ1) is 24.0. The molecule has 1 spiro atoms. The van der Waals surface area contributed by atoms with Gasteiger partial charge in [0.15, 0.2) is 28.7 Å². The van der Waals surface area contributed by atoms with Crippen molar-refractivity contribution in [2.75, 3.05) is 27.3 Å². The molecule has 33 heavy (non-hydrogen) atoms. The highest BCUT2D eigenvalue weighted by Crippen LogP contribution is 2.48. The van der Waals surface area contributed by atoms with E-state index in [4.69, 9.17) is 19.4 Å². The number of carbonyl (C=O) groups excluding carboxylic acids is 2. The Labute approximate surface area is 208 Å². The molecule has 11 heteroatoms. The van der Waals surface area contributed by atoms with Crippen LogP contribution in [0.15, 0.2) is 29.2 Å². The van der Waals surface area contributed by atoms with Crippen molar-refractivity contribution in [1.29, 1.82) is 0 Å². The van der Waals surface area contributed by atoms with Crippen LogP contribution in [0.4, 0.5) is 4.39 Å². The van der Waals surface area contributed by atoms with Crippen molar-refractivity contribution >= 4 is 46.4 Å². The van der Waals surface area contributed by atoms with Gasteiger partial charge in [0.2, 0.25) is 11.2 Å². The molecular formula is C22H22ClFIN3O5. The van der Waals surface area contributed by atoms with E-state index in [1.54, 1.807) is 52.7 Å². The van der Waals surface area contributed by atoms with Crippen molar-refractivity contribution in [1.82, 2.24) is 14.8 Å². The van der Waals surface area contributed by atoms with E-state index in [2.05, 4.69) is 5.32 Å². The number of hydrogen-bond acceptors (Lipinski definition) is 5. The monoisotopic (exact) mass is 589 g/mol. The number of nitrogens with one attached hydrogen (secondary N) is 1. The predicted octanol–water partition coefficient (Wildman–Crippen LogP) is 3.14. The van der Waals surface area contributed by atoms with Gasteiger partial charge in [0, 0.05) is 45.6 Å². The predicted molar refractivity (Wildman–Crippen MR) is 127 cm³/mol. The molecule has 8 nitrogen and oxygen atoms in total. The van der Waals surface area contributed by atoms with Gasteiger partial charge in [0.05, 0.1) is 10.6 Å². The number of carbonyl (C=O) groups is 2. The molecule has 4 rings (SSSR count). The Morgan fingerprint density at radius 1 is 1.36 bits per heavy atom. The minimum absolute atomic E-state index is 0.0589. The zero-order valence-electron chi connectivity index (χ0n) is 18.0. The van der Waals surface area contributed by atoms with E-state index in [1.165, 1.54) is 18.3 Å². The standard InChI is InChI=1S/C22H22ClFIN3O5/c1-27-11-22(6-12(7-22)10-32-2)28-9-14(18(29)19(33-25)17(28)21(27)31)20(30)26-8-13-4-3-5-15(23)16(13)24/h3-5,9,12H,6-8,10-11H2,1-2H3,(H,26,30). The average molecular weight is 590 g/mol. The summed E-state index contributed by atoms with van der Waals surface area (Å²) in [5, 5.41) is 2.51. The van der Waals surface area contributed by atoms with E-state index in [9.17, 15) is 18.8 Å². The van der Waals surface area contributed by atoms with E-state index < -0.39 is 22.7 Å². The fraction of sp³-hybridized carbons (Fsp3) is 0.409. The van der Waals surface area contributed by atoms with Gasteiger partial charge in [-0.2, -0.15) is 0 Å². The summed E-state index contributed by atoms with van der Waals surface area (Å²) in [5.74, 6) is -1.57. The minimum atomic E-state index is -0.703. The first-order chi connectivity index (χ1) is 15.7. The number of aromatic nitrogens is 1. The summed E-state index contributed by atoms with van der Waals surface area (Å²) in [7, 11) is 3.32. The Balaban J connectivity index is 1.72. The summed E-state index contributed by atoms with van der Waals surface area (Å²) >= 11 is 7.34. The second-order valence-corrected chi connectivity index (χ2v) is 9.36. The largest absolute Gasteiger partial charge is 0.421 e. The molecule has 0 bridgehead atoms. The molecular weight excluding hydrogens is 568 g/mol. The Bertz CT molecular complexity index is 1180. The lowest BCUT2D eigenvalue weighted by Crippen LogP contribution is -2.60. The third-order valence-corrected chi connectivity index (χ3v) is 7.02. The first-order valence-electron chi connectivity index (χ1n) is 10.3. The van der Waals surface area contributed by atoms with E-state index in [0.29, 0.717) is 19.1 Å². The van der Waals surface area contributed by atoms with Crippen LogP contribution in [0, 0.1) is 11.7 Å². The van der Waals surface area contributed by atoms with Crippen LogP contribution in [0.5, 0.6) is 5.75 Å². The summed E-state index contributed by atoms with van der Waals surface area (Å²) in [5.41, 5.74) is -1.04. The van der Waals surface area contributed by atoms with E-state index in [-0.39, 0.29) is 40.0 Å². The highest BCUT2D eigenvalue weighted by Gasteiger charge is 2.52. The number of rotatable bonds is 6. The van der Waals surface area contributed by atoms with E-state index >= 15 is 0 Å². The van der Waals surface area contributed by atoms with Gasteiger partial charge in [-0.3, -0.25) is 14.4 Å². The molecule has 176 valence electrons. The molecule has 2 aliphatic rings. The summed E-state index contributed by atoms with van der Waals surface area (Å²) in [6.45, 7) is 0.871. The fourth-order valence-electron chi connectivity index (χ4n) is 4.82. The molecule has 2 amide bonds.